The van der Waals surface area contributed by atoms with Crippen LogP contribution in [0.1, 0.15) is 47.8 Å². The molecule has 0 saturated heterocycles. The monoisotopic (exact) mass is 238 g/mol. The fraction of sp³-hybridized carbons (Fsp3) is 0.538. The van der Waals surface area contributed by atoms with Gasteiger partial charge in [-0.1, -0.05) is 6.92 Å². The Bertz CT molecular complexity index is 413. The summed E-state index contributed by atoms with van der Waals surface area (Å²) in [5.74, 6) is 1.68. The summed E-state index contributed by atoms with van der Waals surface area (Å²) in [6.45, 7) is 6.27. The molecule has 0 aromatic heterocycles. The van der Waals surface area contributed by atoms with Crippen molar-refractivity contribution < 1.29 is 10.2 Å². The summed E-state index contributed by atoms with van der Waals surface area (Å²) in [6.07, 6.45) is -0.189. The van der Waals surface area contributed by atoms with E-state index in [0.717, 1.165) is 11.3 Å². The highest BCUT2D eigenvalue weighted by Crippen LogP contribution is 2.42. The third-order valence-electron chi connectivity index (χ3n) is 3.38. The third kappa shape index (κ3) is 1.88. The number of fused-ring (bicyclic) bond motifs is 1. The molecule has 2 rings (SSSR count). The number of hydrogen-bond donors (Lipinski definition) is 2. The van der Waals surface area contributed by atoms with Gasteiger partial charge in [0.05, 0.1) is 0 Å². The first-order valence-electron chi connectivity index (χ1n) is 5.65. The van der Waals surface area contributed by atoms with E-state index in [-0.39, 0.29) is 0 Å². The SMILES string of the molecule is Cc1cc(C(O)O)c(C)c2c1SCCC2C. The second-order valence-corrected chi connectivity index (χ2v) is 5.67. The molecule has 0 saturated carbocycles. The van der Waals surface area contributed by atoms with Crippen molar-refractivity contribution in [3.63, 3.8) is 0 Å². The molecule has 0 spiro atoms. The summed E-state index contributed by atoms with van der Waals surface area (Å²) in [6, 6.07) is 1.91. The summed E-state index contributed by atoms with van der Waals surface area (Å²) >= 11 is 1.89. The molecule has 0 aliphatic carbocycles. The van der Waals surface area contributed by atoms with Crippen LogP contribution in [0.5, 0.6) is 0 Å². The zero-order chi connectivity index (χ0) is 11.9. The highest BCUT2D eigenvalue weighted by atomic mass is 32.2. The van der Waals surface area contributed by atoms with Gasteiger partial charge >= 0.3 is 0 Å². The number of benzene rings is 1. The van der Waals surface area contributed by atoms with Crippen LogP contribution < -0.4 is 0 Å². The second-order valence-electron chi connectivity index (χ2n) is 4.56. The maximum Gasteiger partial charge on any atom is 0.178 e. The molecular formula is C13H18O2S. The van der Waals surface area contributed by atoms with Crippen LogP contribution in [-0.2, 0) is 0 Å². The van der Waals surface area contributed by atoms with E-state index in [9.17, 15) is 10.2 Å². The molecule has 2 nitrogen and oxygen atoms in total. The van der Waals surface area contributed by atoms with E-state index in [1.54, 1.807) is 0 Å². The van der Waals surface area contributed by atoms with E-state index >= 15 is 0 Å². The van der Waals surface area contributed by atoms with Crippen LogP contribution >= 0.6 is 11.8 Å². The van der Waals surface area contributed by atoms with Gasteiger partial charge in [0, 0.05) is 10.5 Å². The average Bonchev–Trinajstić information content (AvgIpc) is 2.22. The lowest BCUT2D eigenvalue weighted by atomic mass is 9.89. The fourth-order valence-electron chi connectivity index (χ4n) is 2.48. The predicted molar refractivity (Wildman–Crippen MR) is 66.9 cm³/mol. The minimum Gasteiger partial charge on any atom is -0.364 e. The van der Waals surface area contributed by atoms with Crippen molar-refractivity contribution in [3.05, 3.63) is 28.3 Å². The Kier molecular flexibility index (Phi) is 3.29. The number of aryl methyl sites for hydroxylation is 1. The molecule has 1 unspecified atom stereocenters. The van der Waals surface area contributed by atoms with Gasteiger partial charge in [-0.3, -0.25) is 0 Å². The Morgan fingerprint density at radius 3 is 2.69 bits per heavy atom. The first-order chi connectivity index (χ1) is 7.52. The Hall–Kier alpha value is -0.510. The number of hydrogen-bond acceptors (Lipinski definition) is 3. The summed E-state index contributed by atoms with van der Waals surface area (Å²) in [5.41, 5.74) is 4.19. The second kappa shape index (κ2) is 4.40. The van der Waals surface area contributed by atoms with Gasteiger partial charge in [-0.15, -0.1) is 11.8 Å². The maximum absolute atomic E-state index is 9.37. The van der Waals surface area contributed by atoms with Gasteiger partial charge in [0.15, 0.2) is 6.29 Å². The molecule has 16 heavy (non-hydrogen) atoms. The zero-order valence-electron chi connectivity index (χ0n) is 9.95. The van der Waals surface area contributed by atoms with Crippen LogP contribution in [0.4, 0.5) is 0 Å². The lowest BCUT2D eigenvalue weighted by Crippen LogP contribution is -2.11. The predicted octanol–water partition coefficient (Wildman–Crippen LogP) is 2.89. The normalized spacial score (nSPS) is 20.0. The number of aliphatic hydroxyl groups excluding tert-OH is 1. The van der Waals surface area contributed by atoms with Gasteiger partial charge in [0.25, 0.3) is 0 Å². The molecule has 1 heterocycles. The smallest absolute Gasteiger partial charge is 0.178 e. The Labute approximate surface area is 101 Å². The molecule has 1 aliphatic rings. The highest BCUT2D eigenvalue weighted by molar-refractivity contribution is 7.99. The Morgan fingerprint density at radius 2 is 2.06 bits per heavy atom. The minimum atomic E-state index is -1.36. The van der Waals surface area contributed by atoms with Gasteiger partial charge in [-0.05, 0) is 54.7 Å². The topological polar surface area (TPSA) is 40.5 Å². The van der Waals surface area contributed by atoms with E-state index in [0.29, 0.717) is 11.5 Å². The van der Waals surface area contributed by atoms with E-state index < -0.39 is 6.29 Å². The van der Waals surface area contributed by atoms with Crippen molar-refractivity contribution >= 4 is 11.8 Å². The first kappa shape index (κ1) is 12.0. The van der Waals surface area contributed by atoms with Gasteiger partial charge < -0.3 is 10.2 Å². The van der Waals surface area contributed by atoms with Crippen molar-refractivity contribution in [3.8, 4) is 0 Å². The molecule has 1 aliphatic heterocycles. The quantitative estimate of drug-likeness (QED) is 0.739. The molecule has 1 atom stereocenters. The molecule has 0 fully saturated rings. The van der Waals surface area contributed by atoms with Crippen LogP contribution in [0.25, 0.3) is 0 Å². The largest absolute Gasteiger partial charge is 0.364 e. The average molecular weight is 238 g/mol. The summed E-state index contributed by atoms with van der Waals surface area (Å²) in [4.78, 5) is 1.35. The van der Waals surface area contributed by atoms with Crippen LogP contribution in [0, 0.1) is 13.8 Å². The zero-order valence-corrected chi connectivity index (χ0v) is 10.8. The maximum atomic E-state index is 9.37. The van der Waals surface area contributed by atoms with Crippen molar-refractivity contribution in [2.24, 2.45) is 0 Å². The summed E-state index contributed by atoms with van der Waals surface area (Å²) in [5, 5.41) is 18.7. The standard InChI is InChI=1S/C13H18O2S/c1-7-4-5-16-12-8(2)6-10(13(14)15)9(3)11(7)12/h6-7,13-15H,4-5H2,1-3H3. The van der Waals surface area contributed by atoms with Gasteiger partial charge in [-0.2, -0.15) is 0 Å². The van der Waals surface area contributed by atoms with Crippen LogP contribution in [0.3, 0.4) is 0 Å². The van der Waals surface area contributed by atoms with E-state index in [1.807, 2.05) is 24.8 Å². The van der Waals surface area contributed by atoms with Crippen molar-refractivity contribution in [1.29, 1.82) is 0 Å². The summed E-state index contributed by atoms with van der Waals surface area (Å²) in [7, 11) is 0. The summed E-state index contributed by atoms with van der Waals surface area (Å²) < 4.78 is 0. The van der Waals surface area contributed by atoms with E-state index in [1.165, 1.54) is 22.4 Å². The molecule has 2 N–H and O–H groups in total. The molecule has 88 valence electrons. The molecular weight excluding hydrogens is 220 g/mol. The lowest BCUT2D eigenvalue weighted by molar-refractivity contribution is -0.0430. The molecule has 1 aromatic carbocycles. The molecule has 0 radical (unpaired) electrons. The first-order valence-corrected chi connectivity index (χ1v) is 6.64. The number of thioether (sulfide) groups is 1. The van der Waals surface area contributed by atoms with Crippen molar-refractivity contribution in [2.75, 3.05) is 5.75 Å². The minimum absolute atomic E-state index is 0.522. The van der Waals surface area contributed by atoms with Crippen molar-refractivity contribution in [1.82, 2.24) is 0 Å². The van der Waals surface area contributed by atoms with Crippen LogP contribution in [0.15, 0.2) is 11.0 Å². The van der Waals surface area contributed by atoms with Crippen LogP contribution in [-0.4, -0.2) is 16.0 Å². The Morgan fingerprint density at radius 1 is 1.38 bits per heavy atom. The van der Waals surface area contributed by atoms with Gasteiger partial charge in [-0.25, -0.2) is 0 Å². The molecule has 1 aromatic rings. The van der Waals surface area contributed by atoms with Gasteiger partial charge in [0.1, 0.15) is 0 Å². The number of aliphatic hydroxyl groups is 2. The van der Waals surface area contributed by atoms with E-state index in [4.69, 9.17) is 0 Å². The molecule has 3 heteroatoms. The van der Waals surface area contributed by atoms with Crippen molar-refractivity contribution in [2.45, 2.75) is 44.3 Å². The fourth-order valence-corrected chi connectivity index (χ4v) is 3.95. The van der Waals surface area contributed by atoms with Crippen LogP contribution in [0.2, 0.25) is 0 Å². The molecule has 0 amide bonds. The highest BCUT2D eigenvalue weighted by Gasteiger charge is 2.23. The Balaban J connectivity index is 2.64. The van der Waals surface area contributed by atoms with Gasteiger partial charge in [0.2, 0.25) is 0 Å². The van der Waals surface area contributed by atoms with E-state index in [2.05, 4.69) is 13.8 Å². The number of rotatable bonds is 1. The lowest BCUT2D eigenvalue weighted by Gasteiger charge is -2.27. The molecule has 0 bridgehead atoms. The third-order valence-corrected chi connectivity index (χ3v) is 4.65.